The Morgan fingerprint density at radius 2 is 2.25 bits per heavy atom. The number of benzene rings is 1. The van der Waals surface area contributed by atoms with Gasteiger partial charge in [0, 0.05) is 13.0 Å². The molecule has 1 aromatic carbocycles. The maximum absolute atomic E-state index is 12.0. The van der Waals surface area contributed by atoms with Crippen LogP contribution in [0.1, 0.15) is 25.3 Å². The minimum atomic E-state index is -0.203. The van der Waals surface area contributed by atoms with E-state index in [1.807, 2.05) is 19.1 Å². The lowest BCUT2D eigenvalue weighted by Crippen LogP contribution is -2.34. The highest BCUT2D eigenvalue weighted by molar-refractivity contribution is 5.97. The van der Waals surface area contributed by atoms with E-state index in [2.05, 4.69) is 12.2 Å². The van der Waals surface area contributed by atoms with E-state index in [4.69, 9.17) is 5.73 Å². The van der Waals surface area contributed by atoms with Crippen LogP contribution in [0.5, 0.6) is 0 Å². The van der Waals surface area contributed by atoms with Gasteiger partial charge in [0.05, 0.1) is 17.9 Å². The minimum Gasteiger partial charge on any atom is -0.397 e. The standard InChI is InChI=1S/C15H21N3O2/c1-3-11-7-15(20)18(8-11)9-14(19)17-13-5-4-10(2)6-12(13)16/h4-6,11H,3,7-9,16H2,1-2H3,(H,17,19). The van der Waals surface area contributed by atoms with Crippen LogP contribution in [-0.2, 0) is 9.59 Å². The summed E-state index contributed by atoms with van der Waals surface area (Å²) in [7, 11) is 0. The zero-order valence-corrected chi connectivity index (χ0v) is 12.0. The predicted octanol–water partition coefficient (Wildman–Crippen LogP) is 1.77. The molecule has 5 heteroatoms. The van der Waals surface area contributed by atoms with Crippen molar-refractivity contribution in [3.63, 3.8) is 0 Å². The third kappa shape index (κ3) is 3.29. The summed E-state index contributed by atoms with van der Waals surface area (Å²) in [6.07, 6.45) is 1.52. The van der Waals surface area contributed by atoms with Crippen LogP contribution in [0.25, 0.3) is 0 Å². The number of rotatable bonds is 4. The number of nitrogens with two attached hydrogens (primary N) is 1. The minimum absolute atomic E-state index is 0.0591. The third-order valence-electron chi connectivity index (χ3n) is 3.69. The van der Waals surface area contributed by atoms with E-state index in [-0.39, 0.29) is 18.4 Å². The molecule has 1 fully saturated rings. The Morgan fingerprint density at radius 1 is 1.50 bits per heavy atom. The van der Waals surface area contributed by atoms with E-state index < -0.39 is 0 Å². The second-order valence-corrected chi connectivity index (χ2v) is 5.39. The molecule has 0 bridgehead atoms. The summed E-state index contributed by atoms with van der Waals surface area (Å²) in [6.45, 7) is 4.78. The molecule has 2 amide bonds. The fraction of sp³-hybridized carbons (Fsp3) is 0.467. The van der Waals surface area contributed by atoms with E-state index in [1.54, 1.807) is 11.0 Å². The molecule has 0 saturated carbocycles. The Bertz CT molecular complexity index is 528. The molecule has 1 aliphatic heterocycles. The van der Waals surface area contributed by atoms with Crippen LogP contribution >= 0.6 is 0 Å². The van der Waals surface area contributed by atoms with Gasteiger partial charge in [0.15, 0.2) is 0 Å². The van der Waals surface area contributed by atoms with Crippen LogP contribution in [0.15, 0.2) is 18.2 Å². The summed E-state index contributed by atoms with van der Waals surface area (Å²) >= 11 is 0. The number of nitrogens with one attached hydrogen (secondary N) is 1. The lowest BCUT2D eigenvalue weighted by Gasteiger charge is -2.16. The number of hydrogen-bond donors (Lipinski definition) is 2. The molecule has 1 aromatic rings. The van der Waals surface area contributed by atoms with Gasteiger partial charge in [-0.1, -0.05) is 19.4 Å². The molecule has 1 atom stereocenters. The summed E-state index contributed by atoms with van der Waals surface area (Å²) in [5.74, 6) is 0.231. The first-order valence-electron chi connectivity index (χ1n) is 6.93. The highest BCUT2D eigenvalue weighted by atomic mass is 16.2. The van der Waals surface area contributed by atoms with Crippen molar-refractivity contribution in [3.05, 3.63) is 23.8 Å². The fourth-order valence-corrected chi connectivity index (χ4v) is 2.44. The molecule has 1 heterocycles. The van der Waals surface area contributed by atoms with Gasteiger partial charge >= 0.3 is 0 Å². The fourth-order valence-electron chi connectivity index (χ4n) is 2.44. The van der Waals surface area contributed by atoms with Crippen molar-refractivity contribution in [1.82, 2.24) is 4.90 Å². The molecule has 0 radical (unpaired) electrons. The molecule has 0 aliphatic carbocycles. The SMILES string of the molecule is CCC1CC(=O)N(CC(=O)Nc2ccc(C)cc2N)C1. The lowest BCUT2D eigenvalue weighted by molar-refractivity contribution is -0.131. The number of carbonyl (C=O) groups excluding carboxylic acids is 2. The highest BCUT2D eigenvalue weighted by Crippen LogP contribution is 2.22. The van der Waals surface area contributed by atoms with E-state index in [0.29, 0.717) is 30.3 Å². The van der Waals surface area contributed by atoms with Gasteiger partial charge in [-0.25, -0.2) is 0 Å². The molecule has 1 saturated heterocycles. The van der Waals surface area contributed by atoms with Gasteiger partial charge in [0.1, 0.15) is 0 Å². The molecule has 0 spiro atoms. The average Bonchev–Trinajstić information content (AvgIpc) is 2.74. The van der Waals surface area contributed by atoms with Gasteiger partial charge in [-0.3, -0.25) is 9.59 Å². The van der Waals surface area contributed by atoms with Crippen LogP contribution in [0, 0.1) is 12.8 Å². The van der Waals surface area contributed by atoms with Crippen LogP contribution < -0.4 is 11.1 Å². The number of nitrogens with zero attached hydrogens (tertiary/aromatic N) is 1. The van der Waals surface area contributed by atoms with Crippen molar-refractivity contribution < 1.29 is 9.59 Å². The first kappa shape index (κ1) is 14.4. The molecule has 3 N–H and O–H groups in total. The van der Waals surface area contributed by atoms with Gasteiger partial charge < -0.3 is 16.0 Å². The summed E-state index contributed by atoms with van der Waals surface area (Å²) in [4.78, 5) is 25.4. The van der Waals surface area contributed by atoms with Gasteiger partial charge in [-0.15, -0.1) is 0 Å². The summed E-state index contributed by atoms with van der Waals surface area (Å²) in [5, 5.41) is 2.76. The molecule has 0 aromatic heterocycles. The first-order valence-corrected chi connectivity index (χ1v) is 6.93. The number of anilines is 2. The predicted molar refractivity (Wildman–Crippen MR) is 79.2 cm³/mol. The number of aryl methyl sites for hydroxylation is 1. The quantitative estimate of drug-likeness (QED) is 0.822. The summed E-state index contributed by atoms with van der Waals surface area (Å²) < 4.78 is 0. The topological polar surface area (TPSA) is 75.4 Å². The van der Waals surface area contributed by atoms with E-state index in [1.165, 1.54) is 0 Å². The second kappa shape index (κ2) is 5.94. The van der Waals surface area contributed by atoms with Crippen LogP contribution in [0.2, 0.25) is 0 Å². The van der Waals surface area contributed by atoms with Gasteiger partial charge in [0.25, 0.3) is 0 Å². The number of carbonyl (C=O) groups is 2. The lowest BCUT2D eigenvalue weighted by atomic mass is 10.1. The first-order chi connectivity index (χ1) is 9.49. The molecule has 1 unspecified atom stereocenters. The number of hydrogen-bond acceptors (Lipinski definition) is 3. The second-order valence-electron chi connectivity index (χ2n) is 5.39. The molecule has 20 heavy (non-hydrogen) atoms. The van der Waals surface area contributed by atoms with Gasteiger partial charge in [-0.2, -0.15) is 0 Å². The Labute approximate surface area is 119 Å². The smallest absolute Gasteiger partial charge is 0.244 e. The third-order valence-corrected chi connectivity index (χ3v) is 3.69. The van der Waals surface area contributed by atoms with Gasteiger partial charge in [0.2, 0.25) is 11.8 Å². The molecule has 2 rings (SSSR count). The molecule has 108 valence electrons. The van der Waals surface area contributed by atoms with Crippen molar-refractivity contribution in [3.8, 4) is 0 Å². The van der Waals surface area contributed by atoms with Crippen LogP contribution in [0.3, 0.4) is 0 Å². The Hall–Kier alpha value is -2.04. The van der Waals surface area contributed by atoms with Crippen LogP contribution in [0.4, 0.5) is 11.4 Å². The van der Waals surface area contributed by atoms with Crippen molar-refractivity contribution in [2.45, 2.75) is 26.7 Å². The van der Waals surface area contributed by atoms with Crippen molar-refractivity contribution in [2.24, 2.45) is 5.92 Å². The van der Waals surface area contributed by atoms with E-state index in [9.17, 15) is 9.59 Å². The summed E-state index contributed by atoms with van der Waals surface area (Å²) in [6, 6.07) is 5.48. The monoisotopic (exact) mass is 275 g/mol. The Morgan fingerprint density at radius 3 is 2.85 bits per heavy atom. The van der Waals surface area contributed by atoms with Crippen LogP contribution in [-0.4, -0.2) is 29.8 Å². The van der Waals surface area contributed by atoms with Gasteiger partial charge in [-0.05, 0) is 30.5 Å². The largest absolute Gasteiger partial charge is 0.397 e. The Balaban J connectivity index is 1.94. The average molecular weight is 275 g/mol. The van der Waals surface area contributed by atoms with Crippen molar-refractivity contribution >= 4 is 23.2 Å². The molecular formula is C15H21N3O2. The van der Waals surface area contributed by atoms with E-state index in [0.717, 1.165) is 12.0 Å². The number of amides is 2. The molecular weight excluding hydrogens is 254 g/mol. The van der Waals surface area contributed by atoms with Crippen molar-refractivity contribution in [1.29, 1.82) is 0 Å². The summed E-state index contributed by atoms with van der Waals surface area (Å²) in [5.41, 5.74) is 8.03. The maximum Gasteiger partial charge on any atom is 0.244 e. The zero-order chi connectivity index (χ0) is 14.7. The molecule has 1 aliphatic rings. The highest BCUT2D eigenvalue weighted by Gasteiger charge is 2.29. The maximum atomic E-state index is 12.0. The normalized spacial score (nSPS) is 18.4. The Kier molecular flexibility index (Phi) is 4.27. The number of likely N-dealkylation sites (tertiary alicyclic amines) is 1. The van der Waals surface area contributed by atoms with E-state index >= 15 is 0 Å². The zero-order valence-electron chi connectivity index (χ0n) is 12.0. The molecule has 5 nitrogen and oxygen atoms in total. The number of nitrogen functional groups attached to an aromatic ring is 1. The van der Waals surface area contributed by atoms with Crippen molar-refractivity contribution in [2.75, 3.05) is 24.1 Å².